The molecule has 190 valence electrons. The summed E-state index contributed by atoms with van der Waals surface area (Å²) in [6.07, 6.45) is 6.23. The molecule has 8 nitrogen and oxygen atoms in total. The third-order valence-corrected chi connectivity index (χ3v) is 9.29. The van der Waals surface area contributed by atoms with Crippen molar-refractivity contribution in [2.75, 3.05) is 18.4 Å². The zero-order chi connectivity index (χ0) is 25.9. The average molecular weight is 633 g/mol. The fraction of sp³-hybridized carbons (Fsp3) is 0.261. The van der Waals surface area contributed by atoms with Gasteiger partial charge in [-0.1, -0.05) is 40.9 Å². The first-order chi connectivity index (χ1) is 17.2. The highest BCUT2D eigenvalue weighted by molar-refractivity contribution is 9.15. The number of hydrogen-bond donors (Lipinski definition) is 2. The molecule has 3 aromatic rings. The summed E-state index contributed by atoms with van der Waals surface area (Å²) in [6, 6.07) is 8.39. The van der Waals surface area contributed by atoms with Crippen LogP contribution in [0.15, 0.2) is 53.8 Å². The van der Waals surface area contributed by atoms with Crippen LogP contribution in [0.25, 0.3) is 4.48 Å². The summed E-state index contributed by atoms with van der Waals surface area (Å²) in [5.74, 6) is 0.797. The smallest absolute Gasteiger partial charge is 0.246 e. The number of nitrogens with zero attached hydrogens (tertiary/aromatic N) is 4. The van der Waals surface area contributed by atoms with Crippen molar-refractivity contribution in [3.05, 3.63) is 81.1 Å². The summed E-state index contributed by atoms with van der Waals surface area (Å²) in [5, 5.41) is 3.52. The lowest BCUT2D eigenvalue weighted by Crippen LogP contribution is -2.39. The summed E-state index contributed by atoms with van der Waals surface area (Å²) in [5.41, 5.74) is 7.37. The molecule has 1 aliphatic heterocycles. The van der Waals surface area contributed by atoms with Crippen LogP contribution in [0.5, 0.6) is 0 Å². The molecule has 4 rings (SSSR count). The van der Waals surface area contributed by atoms with Crippen molar-refractivity contribution >= 4 is 71.1 Å². The third-order valence-electron chi connectivity index (χ3n) is 5.67. The number of nitrogens with two attached hydrogens (primary N) is 1. The van der Waals surface area contributed by atoms with Crippen molar-refractivity contribution in [1.29, 1.82) is 0 Å². The SMILES string of the molecule is NC=C(Br)c1nc(NCc2cccnc2)cc(C2CCCN(S(=O)(=O)c3c(Cl)cc(Cl)cc3Cl)C2)n1. The molecule has 0 bridgehead atoms. The van der Waals surface area contributed by atoms with Crippen LogP contribution in [-0.2, 0) is 16.6 Å². The Balaban J connectivity index is 1.63. The van der Waals surface area contributed by atoms with Gasteiger partial charge >= 0.3 is 0 Å². The van der Waals surface area contributed by atoms with Gasteiger partial charge in [0.2, 0.25) is 10.0 Å². The molecule has 0 aliphatic carbocycles. The Morgan fingerprint density at radius 3 is 2.64 bits per heavy atom. The number of sulfonamides is 1. The summed E-state index contributed by atoms with van der Waals surface area (Å²) in [7, 11) is -3.96. The maximum absolute atomic E-state index is 13.5. The quantitative estimate of drug-likeness (QED) is 0.345. The van der Waals surface area contributed by atoms with Crippen molar-refractivity contribution < 1.29 is 8.42 Å². The minimum Gasteiger partial charge on any atom is -0.404 e. The van der Waals surface area contributed by atoms with Crippen LogP contribution in [0.3, 0.4) is 0 Å². The van der Waals surface area contributed by atoms with E-state index in [1.807, 2.05) is 18.2 Å². The topological polar surface area (TPSA) is 114 Å². The Kier molecular flexibility index (Phi) is 8.75. The second kappa shape index (κ2) is 11.6. The van der Waals surface area contributed by atoms with Crippen LogP contribution >= 0.6 is 50.7 Å². The van der Waals surface area contributed by atoms with Gasteiger partial charge in [0, 0.05) is 55.2 Å². The summed E-state index contributed by atoms with van der Waals surface area (Å²) in [6.45, 7) is 1.05. The van der Waals surface area contributed by atoms with Gasteiger partial charge in [-0.2, -0.15) is 4.31 Å². The van der Waals surface area contributed by atoms with E-state index in [4.69, 9.17) is 40.5 Å². The van der Waals surface area contributed by atoms with Crippen LogP contribution in [-0.4, -0.2) is 40.8 Å². The lowest BCUT2D eigenvalue weighted by molar-refractivity contribution is 0.312. The van der Waals surface area contributed by atoms with Gasteiger partial charge in [0.25, 0.3) is 0 Å². The number of halogens is 4. The lowest BCUT2D eigenvalue weighted by atomic mass is 9.96. The molecule has 1 atom stereocenters. The molecule has 36 heavy (non-hydrogen) atoms. The van der Waals surface area contributed by atoms with E-state index in [0.29, 0.717) is 41.3 Å². The maximum atomic E-state index is 13.5. The van der Waals surface area contributed by atoms with Crippen LogP contribution in [0.4, 0.5) is 5.82 Å². The van der Waals surface area contributed by atoms with Gasteiger partial charge in [-0.3, -0.25) is 4.98 Å². The Hall–Kier alpha value is -1.95. The summed E-state index contributed by atoms with van der Waals surface area (Å²) >= 11 is 21.8. The molecular weight excluding hydrogens is 611 g/mol. The number of piperidine rings is 1. The van der Waals surface area contributed by atoms with Gasteiger partial charge in [0.05, 0.1) is 20.2 Å². The van der Waals surface area contributed by atoms with Crippen molar-refractivity contribution in [1.82, 2.24) is 19.3 Å². The second-order valence-electron chi connectivity index (χ2n) is 8.13. The van der Waals surface area contributed by atoms with Crippen LogP contribution in [0.1, 0.15) is 35.8 Å². The van der Waals surface area contributed by atoms with Crippen molar-refractivity contribution in [3.63, 3.8) is 0 Å². The molecule has 2 aromatic heterocycles. The number of rotatable bonds is 7. The lowest BCUT2D eigenvalue weighted by Gasteiger charge is -2.32. The van der Waals surface area contributed by atoms with E-state index >= 15 is 0 Å². The Morgan fingerprint density at radius 1 is 1.22 bits per heavy atom. The normalized spacial score (nSPS) is 17.2. The number of nitrogens with one attached hydrogen (secondary N) is 1. The molecule has 3 heterocycles. The zero-order valence-electron chi connectivity index (χ0n) is 18.8. The first kappa shape index (κ1) is 27.1. The molecular formula is C23H22BrCl3N6O2S. The molecule has 1 unspecified atom stereocenters. The highest BCUT2D eigenvalue weighted by Gasteiger charge is 2.34. The van der Waals surface area contributed by atoms with Gasteiger partial charge < -0.3 is 11.1 Å². The van der Waals surface area contributed by atoms with E-state index in [1.54, 1.807) is 12.4 Å². The van der Waals surface area contributed by atoms with E-state index in [-0.39, 0.29) is 32.4 Å². The zero-order valence-corrected chi connectivity index (χ0v) is 23.5. The molecule has 0 saturated carbocycles. The van der Waals surface area contributed by atoms with Crippen LogP contribution < -0.4 is 11.1 Å². The summed E-state index contributed by atoms with van der Waals surface area (Å²) in [4.78, 5) is 13.2. The van der Waals surface area contributed by atoms with Gasteiger partial charge in [0.1, 0.15) is 10.7 Å². The number of anilines is 1. The Morgan fingerprint density at radius 2 is 1.97 bits per heavy atom. The Labute approximate surface area is 233 Å². The fourth-order valence-corrected chi connectivity index (χ4v) is 7.14. The van der Waals surface area contributed by atoms with Crippen molar-refractivity contribution in [2.24, 2.45) is 5.73 Å². The molecule has 0 amide bonds. The van der Waals surface area contributed by atoms with Gasteiger partial charge in [-0.15, -0.1) is 0 Å². The predicted molar refractivity (Wildman–Crippen MR) is 147 cm³/mol. The van der Waals surface area contributed by atoms with Crippen molar-refractivity contribution in [3.8, 4) is 0 Å². The first-order valence-corrected chi connectivity index (χ1v) is 14.3. The molecule has 0 spiro atoms. The van der Waals surface area contributed by atoms with Gasteiger partial charge in [-0.05, 0) is 52.5 Å². The summed E-state index contributed by atoms with van der Waals surface area (Å²) < 4.78 is 28.9. The predicted octanol–water partition coefficient (Wildman–Crippen LogP) is 5.66. The van der Waals surface area contributed by atoms with E-state index in [9.17, 15) is 8.42 Å². The van der Waals surface area contributed by atoms with E-state index < -0.39 is 10.0 Å². The largest absolute Gasteiger partial charge is 0.404 e. The molecule has 1 saturated heterocycles. The highest BCUT2D eigenvalue weighted by Crippen LogP contribution is 2.37. The number of hydrogen-bond acceptors (Lipinski definition) is 7. The molecule has 1 aliphatic rings. The monoisotopic (exact) mass is 630 g/mol. The number of benzene rings is 1. The Bertz CT molecular complexity index is 1370. The van der Waals surface area contributed by atoms with Crippen molar-refractivity contribution in [2.45, 2.75) is 30.2 Å². The molecule has 0 radical (unpaired) electrons. The number of pyridine rings is 1. The standard InChI is InChI=1S/C23H22BrCl3N6O2S/c24-17(10-28)23-31-20(9-21(32-23)30-12-14-3-1-5-29-11-14)15-4-2-6-33(13-15)36(34,35)22-18(26)7-16(25)8-19(22)27/h1,3,5,7-11,15H,2,4,6,12-13,28H2,(H,30,31,32). The van der Waals surface area contributed by atoms with Gasteiger partial charge in [0.15, 0.2) is 5.82 Å². The third kappa shape index (κ3) is 6.12. The first-order valence-electron chi connectivity index (χ1n) is 10.9. The molecule has 1 fully saturated rings. The highest BCUT2D eigenvalue weighted by atomic mass is 79.9. The minimum atomic E-state index is -3.96. The minimum absolute atomic E-state index is 0.0159. The molecule has 1 aromatic carbocycles. The van der Waals surface area contributed by atoms with Crippen LogP contribution in [0.2, 0.25) is 15.1 Å². The molecule has 13 heteroatoms. The van der Waals surface area contributed by atoms with E-state index in [0.717, 1.165) is 12.0 Å². The van der Waals surface area contributed by atoms with Gasteiger partial charge in [-0.25, -0.2) is 18.4 Å². The van der Waals surface area contributed by atoms with E-state index in [1.165, 1.54) is 22.6 Å². The molecule has 3 N–H and O–H groups in total. The maximum Gasteiger partial charge on any atom is 0.246 e. The number of aromatic nitrogens is 3. The van der Waals surface area contributed by atoms with E-state index in [2.05, 4.69) is 36.2 Å². The van der Waals surface area contributed by atoms with Crippen LogP contribution in [0, 0.1) is 0 Å². The average Bonchev–Trinajstić information content (AvgIpc) is 2.86. The fourth-order valence-electron chi connectivity index (χ4n) is 3.95. The second-order valence-corrected chi connectivity index (χ2v) is 12.1.